The van der Waals surface area contributed by atoms with Crippen LogP contribution < -0.4 is 4.72 Å². The van der Waals surface area contributed by atoms with E-state index in [-0.39, 0.29) is 17.4 Å². The van der Waals surface area contributed by atoms with Crippen LogP contribution in [0.25, 0.3) is 0 Å². The molecule has 112 valence electrons. The van der Waals surface area contributed by atoms with E-state index in [2.05, 4.69) is 4.72 Å². The maximum Gasteiger partial charge on any atom is 0.303 e. The number of carbonyl (C=O) groups is 1. The largest absolute Gasteiger partial charge is 0.481 e. The van der Waals surface area contributed by atoms with E-state index >= 15 is 0 Å². The molecule has 2 N–H and O–H groups in total. The second-order valence-corrected chi connectivity index (χ2v) is 6.39. The maximum atomic E-state index is 12.1. The van der Waals surface area contributed by atoms with E-state index in [1.165, 1.54) is 12.1 Å². The molecule has 0 aliphatic heterocycles. The first-order chi connectivity index (χ1) is 9.39. The molecule has 1 rings (SSSR count). The summed E-state index contributed by atoms with van der Waals surface area (Å²) in [4.78, 5) is 10.7. The van der Waals surface area contributed by atoms with Gasteiger partial charge in [-0.25, -0.2) is 13.1 Å². The SMILES string of the molecule is CCC(CC)NS(=O)(=O)c1ccc(CCC(=O)O)cc1. The number of hydrogen-bond donors (Lipinski definition) is 2. The quantitative estimate of drug-likeness (QED) is 0.770. The Morgan fingerprint density at radius 3 is 2.20 bits per heavy atom. The van der Waals surface area contributed by atoms with Crippen molar-refractivity contribution in [1.29, 1.82) is 0 Å². The van der Waals surface area contributed by atoms with Gasteiger partial charge in [-0.1, -0.05) is 26.0 Å². The third kappa shape index (κ3) is 4.94. The number of aryl methyl sites for hydroxylation is 1. The fourth-order valence-electron chi connectivity index (χ4n) is 1.83. The average Bonchev–Trinajstić information content (AvgIpc) is 2.43. The van der Waals surface area contributed by atoms with Crippen molar-refractivity contribution in [2.45, 2.75) is 50.5 Å². The average molecular weight is 299 g/mol. The topological polar surface area (TPSA) is 83.5 Å². The maximum absolute atomic E-state index is 12.1. The fraction of sp³-hybridized carbons (Fsp3) is 0.500. The Balaban J connectivity index is 2.78. The van der Waals surface area contributed by atoms with Crippen LogP contribution in [-0.4, -0.2) is 25.5 Å². The second-order valence-electron chi connectivity index (χ2n) is 4.67. The van der Waals surface area contributed by atoms with Gasteiger partial charge in [0.1, 0.15) is 0 Å². The molecule has 0 bridgehead atoms. The Kier molecular flexibility index (Phi) is 6.16. The molecular formula is C14H21NO4S. The molecule has 0 aromatic heterocycles. The first kappa shape index (κ1) is 16.7. The van der Waals surface area contributed by atoms with Crippen LogP contribution in [0.4, 0.5) is 0 Å². The number of sulfonamides is 1. The highest BCUT2D eigenvalue weighted by Gasteiger charge is 2.17. The molecular weight excluding hydrogens is 278 g/mol. The summed E-state index contributed by atoms with van der Waals surface area (Å²) in [6.07, 6.45) is 1.92. The molecule has 6 heteroatoms. The van der Waals surface area contributed by atoms with E-state index in [1.54, 1.807) is 12.1 Å². The van der Waals surface area contributed by atoms with Crippen LogP contribution >= 0.6 is 0 Å². The summed E-state index contributed by atoms with van der Waals surface area (Å²) < 4.78 is 26.9. The lowest BCUT2D eigenvalue weighted by Gasteiger charge is -2.15. The molecule has 0 atom stereocenters. The highest BCUT2D eigenvalue weighted by molar-refractivity contribution is 7.89. The molecule has 0 aliphatic rings. The number of nitrogens with one attached hydrogen (secondary N) is 1. The third-order valence-electron chi connectivity index (χ3n) is 3.17. The number of carboxylic acids is 1. The van der Waals surface area contributed by atoms with Gasteiger partial charge in [0.25, 0.3) is 0 Å². The molecule has 5 nitrogen and oxygen atoms in total. The number of aliphatic carboxylic acids is 1. The lowest BCUT2D eigenvalue weighted by molar-refractivity contribution is -0.136. The first-order valence-electron chi connectivity index (χ1n) is 6.72. The van der Waals surface area contributed by atoms with E-state index in [0.717, 1.165) is 18.4 Å². The summed E-state index contributed by atoms with van der Waals surface area (Å²) in [7, 11) is -3.50. The van der Waals surface area contributed by atoms with Crippen molar-refractivity contribution < 1.29 is 18.3 Å². The molecule has 0 radical (unpaired) electrons. The minimum absolute atomic E-state index is 0.0398. The monoisotopic (exact) mass is 299 g/mol. The van der Waals surface area contributed by atoms with Crippen LogP contribution in [0.3, 0.4) is 0 Å². The molecule has 0 fully saturated rings. The van der Waals surface area contributed by atoms with Crippen molar-refractivity contribution in [2.24, 2.45) is 0 Å². The number of carboxylic acid groups (broad SMARTS) is 1. The van der Waals surface area contributed by atoms with Gasteiger partial charge in [-0.2, -0.15) is 0 Å². The van der Waals surface area contributed by atoms with Crippen LogP contribution in [0.1, 0.15) is 38.7 Å². The summed E-state index contributed by atoms with van der Waals surface area (Å²) in [6, 6.07) is 6.28. The zero-order valence-corrected chi connectivity index (χ0v) is 12.6. The van der Waals surface area contributed by atoms with E-state index < -0.39 is 16.0 Å². The molecule has 0 spiro atoms. The zero-order chi connectivity index (χ0) is 15.2. The van der Waals surface area contributed by atoms with E-state index in [1.807, 2.05) is 13.8 Å². The standard InChI is InChI=1S/C14H21NO4S/c1-3-12(4-2)15-20(18,19)13-8-5-11(6-9-13)7-10-14(16)17/h5-6,8-9,12,15H,3-4,7,10H2,1-2H3,(H,16,17). The second kappa shape index (κ2) is 7.40. The predicted molar refractivity (Wildman–Crippen MR) is 77.1 cm³/mol. The van der Waals surface area contributed by atoms with Crippen LogP contribution in [-0.2, 0) is 21.2 Å². The van der Waals surface area contributed by atoms with Gasteiger partial charge in [-0.3, -0.25) is 4.79 Å². The van der Waals surface area contributed by atoms with Gasteiger partial charge in [0.2, 0.25) is 10.0 Å². The lowest BCUT2D eigenvalue weighted by Crippen LogP contribution is -2.33. The lowest BCUT2D eigenvalue weighted by atomic mass is 10.1. The van der Waals surface area contributed by atoms with Gasteiger partial charge in [-0.05, 0) is 37.0 Å². The molecule has 0 amide bonds. The van der Waals surface area contributed by atoms with Crippen molar-refractivity contribution in [1.82, 2.24) is 4.72 Å². The molecule has 0 aliphatic carbocycles. The van der Waals surface area contributed by atoms with E-state index in [4.69, 9.17) is 5.11 Å². The Morgan fingerprint density at radius 2 is 1.75 bits per heavy atom. The van der Waals surface area contributed by atoms with Gasteiger partial charge >= 0.3 is 5.97 Å². The summed E-state index contributed by atoms with van der Waals surface area (Å²) >= 11 is 0. The Hall–Kier alpha value is -1.40. The summed E-state index contributed by atoms with van der Waals surface area (Å²) in [6.45, 7) is 3.87. The smallest absolute Gasteiger partial charge is 0.303 e. The Bertz CT molecular complexity index is 533. The van der Waals surface area contributed by atoms with Crippen molar-refractivity contribution in [3.05, 3.63) is 29.8 Å². The van der Waals surface area contributed by atoms with Crippen LogP contribution in [0.15, 0.2) is 29.2 Å². The molecule has 1 aromatic rings. The van der Waals surface area contributed by atoms with Gasteiger partial charge in [0, 0.05) is 12.5 Å². The van der Waals surface area contributed by atoms with Crippen LogP contribution in [0.5, 0.6) is 0 Å². The summed E-state index contributed by atoms with van der Waals surface area (Å²) in [5.41, 5.74) is 0.814. The first-order valence-corrected chi connectivity index (χ1v) is 8.20. The summed E-state index contributed by atoms with van der Waals surface area (Å²) in [5.74, 6) is -0.864. The molecule has 1 aromatic carbocycles. The Labute approximate surface area is 120 Å². The van der Waals surface area contributed by atoms with E-state index in [9.17, 15) is 13.2 Å². The van der Waals surface area contributed by atoms with Gasteiger partial charge in [-0.15, -0.1) is 0 Å². The predicted octanol–water partition coefficient (Wildman–Crippen LogP) is 2.17. The number of rotatable bonds is 8. The van der Waals surface area contributed by atoms with Crippen molar-refractivity contribution in [2.75, 3.05) is 0 Å². The highest BCUT2D eigenvalue weighted by Crippen LogP contribution is 2.13. The molecule has 0 heterocycles. The molecule has 0 saturated heterocycles. The number of hydrogen-bond acceptors (Lipinski definition) is 3. The third-order valence-corrected chi connectivity index (χ3v) is 4.71. The Morgan fingerprint density at radius 1 is 1.20 bits per heavy atom. The normalized spacial score (nSPS) is 11.8. The molecule has 20 heavy (non-hydrogen) atoms. The van der Waals surface area contributed by atoms with Gasteiger partial charge in [0.15, 0.2) is 0 Å². The highest BCUT2D eigenvalue weighted by atomic mass is 32.2. The van der Waals surface area contributed by atoms with Crippen molar-refractivity contribution in [3.63, 3.8) is 0 Å². The summed E-state index contributed by atoms with van der Waals surface area (Å²) in [5, 5.41) is 8.61. The van der Waals surface area contributed by atoms with Gasteiger partial charge < -0.3 is 5.11 Å². The van der Waals surface area contributed by atoms with Gasteiger partial charge in [0.05, 0.1) is 4.90 Å². The minimum atomic E-state index is -3.50. The molecule has 0 unspecified atom stereocenters. The fourth-order valence-corrected chi connectivity index (χ4v) is 3.23. The van der Waals surface area contributed by atoms with Crippen molar-refractivity contribution >= 4 is 16.0 Å². The minimum Gasteiger partial charge on any atom is -0.481 e. The zero-order valence-electron chi connectivity index (χ0n) is 11.8. The van der Waals surface area contributed by atoms with Crippen molar-refractivity contribution in [3.8, 4) is 0 Å². The van der Waals surface area contributed by atoms with E-state index in [0.29, 0.717) is 6.42 Å². The van der Waals surface area contributed by atoms with Crippen LogP contribution in [0.2, 0.25) is 0 Å². The molecule has 0 saturated carbocycles. The number of benzene rings is 1. The van der Waals surface area contributed by atoms with Crippen LogP contribution in [0, 0.1) is 0 Å².